The van der Waals surface area contributed by atoms with Gasteiger partial charge < -0.3 is 15.2 Å². The molecule has 7 nitrogen and oxygen atoms in total. The number of nitrogens with zero attached hydrogens (tertiary/aromatic N) is 3. The second-order valence-corrected chi connectivity index (χ2v) is 9.01. The summed E-state index contributed by atoms with van der Waals surface area (Å²) in [5.41, 5.74) is -0.839. The molecular formula is C26H25F3N4O3. The highest BCUT2D eigenvalue weighted by atomic mass is 19.1. The number of carbonyl (C=O) groups excluding carboxylic acids is 1. The maximum atomic E-state index is 15.1. The third kappa shape index (κ3) is 5.03. The average Bonchev–Trinajstić information content (AvgIpc) is 3.15. The highest BCUT2D eigenvalue weighted by Gasteiger charge is 2.28. The lowest BCUT2D eigenvalue weighted by Gasteiger charge is -2.26. The molecule has 0 aliphatic heterocycles. The van der Waals surface area contributed by atoms with Gasteiger partial charge in [0.15, 0.2) is 11.8 Å². The van der Waals surface area contributed by atoms with Gasteiger partial charge >= 0.3 is 5.97 Å². The van der Waals surface area contributed by atoms with E-state index in [1.54, 1.807) is 26.8 Å². The molecule has 4 aromatic rings. The van der Waals surface area contributed by atoms with E-state index in [2.05, 4.69) is 15.3 Å². The summed E-state index contributed by atoms with van der Waals surface area (Å²) in [6.07, 6.45) is 0.318. The number of rotatable bonds is 7. The first-order chi connectivity index (χ1) is 17.0. The van der Waals surface area contributed by atoms with Gasteiger partial charge in [0.05, 0.1) is 17.3 Å². The number of carbonyl (C=O) groups is 1. The largest absolute Gasteiger partial charge is 0.451 e. The maximum absolute atomic E-state index is 15.1. The molecule has 0 fully saturated rings. The molecule has 0 saturated heterocycles. The summed E-state index contributed by atoms with van der Waals surface area (Å²) in [6.45, 7) is 6.17. The number of fused-ring (bicyclic) bond motifs is 1. The van der Waals surface area contributed by atoms with Gasteiger partial charge in [-0.05, 0) is 56.7 Å². The first-order valence-corrected chi connectivity index (χ1v) is 11.2. The molecule has 0 radical (unpaired) electrons. The van der Waals surface area contributed by atoms with Gasteiger partial charge in [-0.2, -0.15) is 4.98 Å². The van der Waals surface area contributed by atoms with E-state index in [4.69, 9.17) is 4.74 Å². The summed E-state index contributed by atoms with van der Waals surface area (Å²) in [4.78, 5) is 20.8. The van der Waals surface area contributed by atoms with Gasteiger partial charge in [-0.3, -0.25) is 9.36 Å². The molecule has 36 heavy (non-hydrogen) atoms. The summed E-state index contributed by atoms with van der Waals surface area (Å²) in [5, 5.41) is 13.7. The molecule has 0 bridgehead atoms. The number of ether oxygens (including phenoxy) is 1. The smallest absolute Gasteiger partial charge is 0.303 e. The second-order valence-electron chi connectivity index (χ2n) is 9.01. The van der Waals surface area contributed by atoms with Crippen molar-refractivity contribution in [1.29, 1.82) is 0 Å². The second kappa shape index (κ2) is 9.62. The highest BCUT2D eigenvalue weighted by Crippen LogP contribution is 2.35. The van der Waals surface area contributed by atoms with E-state index in [1.165, 1.54) is 48.0 Å². The molecule has 2 aromatic carbocycles. The Morgan fingerprint density at radius 3 is 2.33 bits per heavy atom. The average molecular weight is 499 g/mol. The first-order valence-electron chi connectivity index (χ1n) is 11.2. The number of anilines is 1. The third-order valence-electron chi connectivity index (χ3n) is 5.86. The Kier molecular flexibility index (Phi) is 6.73. The molecule has 188 valence electrons. The van der Waals surface area contributed by atoms with E-state index < -0.39 is 46.9 Å². The fourth-order valence-electron chi connectivity index (χ4n) is 3.68. The van der Waals surface area contributed by atoms with E-state index in [9.17, 15) is 14.3 Å². The monoisotopic (exact) mass is 498 g/mol. The molecule has 2 N–H and O–H groups in total. The zero-order valence-corrected chi connectivity index (χ0v) is 20.1. The van der Waals surface area contributed by atoms with Crippen LogP contribution in [0.25, 0.3) is 16.7 Å². The lowest BCUT2D eigenvalue weighted by molar-refractivity contribution is -0.145. The molecule has 4 rings (SSSR count). The molecule has 2 aromatic heterocycles. The van der Waals surface area contributed by atoms with Crippen LogP contribution in [0.5, 0.6) is 0 Å². The van der Waals surface area contributed by atoms with Crippen molar-refractivity contribution < 1.29 is 27.8 Å². The minimum Gasteiger partial charge on any atom is -0.451 e. The first kappa shape index (κ1) is 25.2. The lowest BCUT2D eigenvalue weighted by atomic mass is 10.0. The van der Waals surface area contributed by atoms with Crippen LogP contribution >= 0.6 is 0 Å². The van der Waals surface area contributed by atoms with Crippen molar-refractivity contribution in [1.82, 2.24) is 14.5 Å². The van der Waals surface area contributed by atoms with Crippen molar-refractivity contribution in [2.24, 2.45) is 0 Å². The van der Waals surface area contributed by atoms with Crippen molar-refractivity contribution >= 4 is 23.0 Å². The predicted molar refractivity (Wildman–Crippen MR) is 128 cm³/mol. The van der Waals surface area contributed by atoms with E-state index in [-0.39, 0.29) is 17.3 Å². The van der Waals surface area contributed by atoms with Gasteiger partial charge in [0, 0.05) is 18.5 Å². The van der Waals surface area contributed by atoms with E-state index in [0.717, 1.165) is 12.1 Å². The summed E-state index contributed by atoms with van der Waals surface area (Å²) in [6, 6.07) is 9.77. The summed E-state index contributed by atoms with van der Waals surface area (Å²) in [5.74, 6) is -2.77. The van der Waals surface area contributed by atoms with Gasteiger partial charge in [-0.25, -0.2) is 18.2 Å². The molecule has 0 saturated carbocycles. The van der Waals surface area contributed by atoms with Crippen molar-refractivity contribution in [3.8, 4) is 5.69 Å². The van der Waals surface area contributed by atoms with Crippen molar-refractivity contribution in [2.45, 2.75) is 45.4 Å². The summed E-state index contributed by atoms with van der Waals surface area (Å²) < 4.78 is 50.5. The normalized spacial score (nSPS) is 13.4. The molecule has 0 aliphatic carbocycles. The predicted octanol–water partition coefficient (Wildman–Crippen LogP) is 5.06. The minimum atomic E-state index is -1.14. The lowest BCUT2D eigenvalue weighted by Crippen LogP contribution is -2.39. The van der Waals surface area contributed by atoms with Crippen LogP contribution in [-0.4, -0.2) is 37.3 Å². The number of para-hydroxylation sites is 1. The Morgan fingerprint density at radius 1 is 1.11 bits per heavy atom. The van der Waals surface area contributed by atoms with Gasteiger partial charge in [-0.1, -0.05) is 18.2 Å². The van der Waals surface area contributed by atoms with Gasteiger partial charge in [-0.15, -0.1) is 0 Å². The number of aliphatic hydroxyl groups is 1. The van der Waals surface area contributed by atoms with E-state index in [0.29, 0.717) is 10.9 Å². The van der Waals surface area contributed by atoms with Crippen LogP contribution < -0.4 is 5.32 Å². The van der Waals surface area contributed by atoms with Crippen LogP contribution in [-0.2, 0) is 9.53 Å². The number of halogens is 3. The number of hydrogen-bond donors (Lipinski definition) is 2. The zero-order chi connectivity index (χ0) is 26.2. The quantitative estimate of drug-likeness (QED) is 0.346. The zero-order valence-electron chi connectivity index (χ0n) is 20.1. The van der Waals surface area contributed by atoms with E-state index >= 15 is 8.78 Å². The van der Waals surface area contributed by atoms with Crippen LogP contribution in [0.1, 0.15) is 45.1 Å². The fourth-order valence-corrected chi connectivity index (χ4v) is 3.68. The fraction of sp³-hybridized carbons (Fsp3) is 0.269. The van der Waals surface area contributed by atoms with E-state index in [1.807, 2.05) is 0 Å². The molecular weight excluding hydrogens is 473 g/mol. The summed E-state index contributed by atoms with van der Waals surface area (Å²) >= 11 is 0. The van der Waals surface area contributed by atoms with Crippen molar-refractivity contribution in [3.63, 3.8) is 0 Å². The molecule has 0 spiro atoms. The van der Waals surface area contributed by atoms with Crippen LogP contribution in [0.15, 0.2) is 54.7 Å². The Labute approximate surface area is 205 Å². The number of nitrogens with one attached hydrogen (secondary N) is 1. The SMILES string of the molecule is CC(=O)OC(c1ccc(F)cc1)c1cc2cnc(N[C@@H](C)C(C)(C)O)nc2n1-c1c(F)cccc1F. The topological polar surface area (TPSA) is 89.3 Å². The third-order valence-corrected chi connectivity index (χ3v) is 5.86. The van der Waals surface area contributed by atoms with Gasteiger partial charge in [0.2, 0.25) is 5.95 Å². The molecule has 0 aliphatic rings. The Balaban J connectivity index is 1.99. The Hall–Kier alpha value is -3.92. The highest BCUT2D eigenvalue weighted by molar-refractivity contribution is 5.81. The minimum absolute atomic E-state index is 0.116. The maximum Gasteiger partial charge on any atom is 0.303 e. The number of esters is 1. The molecule has 2 atom stereocenters. The standard InChI is InChI=1S/C26H25F3N4O3/c1-14(26(3,4)35)31-25-30-13-17-12-21(23(36-15(2)34)16-8-10-18(27)11-9-16)33(24(17)32-25)22-19(28)6-5-7-20(22)29/h5-14,23,35H,1-4H3,(H,30,31,32)/t14-,23?/m0/s1. The Morgan fingerprint density at radius 2 is 1.75 bits per heavy atom. The van der Waals surface area contributed by atoms with Crippen LogP contribution in [0, 0.1) is 17.5 Å². The van der Waals surface area contributed by atoms with Crippen LogP contribution in [0.3, 0.4) is 0 Å². The number of hydrogen-bond acceptors (Lipinski definition) is 6. The van der Waals surface area contributed by atoms with Crippen molar-refractivity contribution in [2.75, 3.05) is 5.32 Å². The number of benzene rings is 2. The van der Waals surface area contributed by atoms with Gasteiger partial charge in [0.1, 0.15) is 23.1 Å². The molecule has 2 heterocycles. The molecule has 1 unspecified atom stereocenters. The summed E-state index contributed by atoms with van der Waals surface area (Å²) in [7, 11) is 0. The Bertz CT molecular complexity index is 1390. The number of aromatic nitrogens is 3. The van der Waals surface area contributed by atoms with Crippen LogP contribution in [0.4, 0.5) is 19.1 Å². The molecule has 0 amide bonds. The van der Waals surface area contributed by atoms with Crippen molar-refractivity contribution in [3.05, 3.63) is 83.4 Å². The molecule has 10 heteroatoms. The van der Waals surface area contributed by atoms with Gasteiger partial charge in [0.25, 0.3) is 0 Å². The van der Waals surface area contributed by atoms with Crippen LogP contribution in [0.2, 0.25) is 0 Å².